The predicted molar refractivity (Wildman–Crippen MR) is 74.3 cm³/mol. The molecule has 0 aliphatic carbocycles. The average molecular weight is 283 g/mol. The molecule has 0 saturated heterocycles. The van der Waals surface area contributed by atoms with E-state index in [0.717, 1.165) is 29.2 Å². The van der Waals surface area contributed by atoms with Crippen LogP contribution in [0.3, 0.4) is 0 Å². The van der Waals surface area contributed by atoms with E-state index in [9.17, 15) is 5.11 Å². The van der Waals surface area contributed by atoms with Crippen molar-refractivity contribution in [3.63, 3.8) is 0 Å². The van der Waals surface area contributed by atoms with E-state index in [4.69, 9.17) is 11.6 Å². The molecule has 2 aromatic heterocycles. The summed E-state index contributed by atoms with van der Waals surface area (Å²) in [7, 11) is 1.80. The van der Waals surface area contributed by atoms with Gasteiger partial charge in [-0.25, -0.2) is 0 Å². The Hall–Kier alpha value is -1.33. The van der Waals surface area contributed by atoms with Crippen molar-refractivity contribution in [3.05, 3.63) is 33.9 Å². The molecule has 0 aromatic carbocycles. The average Bonchev–Trinajstić information content (AvgIpc) is 2.85. The van der Waals surface area contributed by atoms with Crippen LogP contribution in [-0.2, 0) is 20.0 Å². The van der Waals surface area contributed by atoms with Crippen LogP contribution < -0.4 is 0 Å². The van der Waals surface area contributed by atoms with E-state index in [1.165, 1.54) is 0 Å². The van der Waals surface area contributed by atoms with Gasteiger partial charge >= 0.3 is 0 Å². The number of aliphatic hydroxyl groups is 1. The lowest BCUT2D eigenvalue weighted by Gasteiger charge is -2.12. The van der Waals surface area contributed by atoms with Crippen LogP contribution in [0.2, 0.25) is 5.15 Å². The molecule has 104 valence electrons. The van der Waals surface area contributed by atoms with E-state index in [0.29, 0.717) is 11.6 Å². The zero-order valence-electron chi connectivity index (χ0n) is 11.7. The number of nitrogens with zero attached hydrogens (tertiary/aromatic N) is 4. The number of aliphatic hydroxyl groups excluding tert-OH is 1. The molecule has 0 saturated carbocycles. The van der Waals surface area contributed by atoms with Crippen molar-refractivity contribution in [2.24, 2.45) is 7.05 Å². The molecule has 1 unspecified atom stereocenters. The van der Waals surface area contributed by atoms with Gasteiger partial charge in [-0.2, -0.15) is 10.2 Å². The maximum atomic E-state index is 10.4. The molecule has 1 N–H and O–H groups in total. The SMILES string of the molecule is CCn1nc(C)cc1C(O)Cc1c(C)nn(C)c1Cl. The Labute approximate surface area is 117 Å². The van der Waals surface area contributed by atoms with Crippen LogP contribution in [0.25, 0.3) is 0 Å². The quantitative estimate of drug-likeness (QED) is 0.935. The minimum absolute atomic E-state index is 0.448. The van der Waals surface area contributed by atoms with Gasteiger partial charge in [0.2, 0.25) is 0 Å². The van der Waals surface area contributed by atoms with Crippen molar-refractivity contribution >= 4 is 11.6 Å². The summed E-state index contributed by atoms with van der Waals surface area (Å²) in [6.45, 7) is 6.56. The molecular weight excluding hydrogens is 264 g/mol. The molecule has 6 heteroatoms. The second-order valence-corrected chi connectivity index (χ2v) is 5.08. The summed E-state index contributed by atoms with van der Waals surface area (Å²) in [5.41, 5.74) is 3.47. The van der Waals surface area contributed by atoms with Gasteiger partial charge in [-0.05, 0) is 26.8 Å². The molecule has 2 rings (SSSR count). The lowest BCUT2D eigenvalue weighted by atomic mass is 10.1. The van der Waals surface area contributed by atoms with Crippen LogP contribution in [0, 0.1) is 13.8 Å². The maximum Gasteiger partial charge on any atom is 0.130 e. The van der Waals surface area contributed by atoms with Gasteiger partial charge in [-0.3, -0.25) is 9.36 Å². The van der Waals surface area contributed by atoms with Crippen LogP contribution in [0.5, 0.6) is 0 Å². The number of hydrogen-bond acceptors (Lipinski definition) is 3. The number of hydrogen-bond donors (Lipinski definition) is 1. The van der Waals surface area contributed by atoms with Gasteiger partial charge in [0.15, 0.2) is 0 Å². The van der Waals surface area contributed by atoms with Gasteiger partial charge in [0.1, 0.15) is 5.15 Å². The van der Waals surface area contributed by atoms with Gasteiger partial charge in [0.25, 0.3) is 0 Å². The first kappa shape index (κ1) is 14.1. The Bertz CT molecular complexity index is 588. The Morgan fingerprint density at radius 3 is 2.58 bits per heavy atom. The molecule has 0 amide bonds. The van der Waals surface area contributed by atoms with Gasteiger partial charge in [-0.1, -0.05) is 11.6 Å². The molecule has 0 bridgehead atoms. The van der Waals surface area contributed by atoms with E-state index in [1.54, 1.807) is 11.7 Å². The van der Waals surface area contributed by atoms with Crippen LogP contribution in [0.1, 0.15) is 35.7 Å². The smallest absolute Gasteiger partial charge is 0.130 e. The first-order chi connectivity index (χ1) is 8.93. The van der Waals surface area contributed by atoms with Crippen LogP contribution >= 0.6 is 11.6 Å². The lowest BCUT2D eigenvalue weighted by molar-refractivity contribution is 0.167. The molecule has 2 aromatic rings. The number of aromatic nitrogens is 4. The molecule has 1 atom stereocenters. The number of halogens is 1. The Morgan fingerprint density at radius 1 is 1.37 bits per heavy atom. The highest BCUT2D eigenvalue weighted by atomic mass is 35.5. The zero-order chi connectivity index (χ0) is 14.2. The van der Waals surface area contributed by atoms with E-state index >= 15 is 0 Å². The molecular formula is C13H19ClN4O. The third kappa shape index (κ3) is 2.67. The van der Waals surface area contributed by atoms with E-state index in [1.807, 2.05) is 31.5 Å². The maximum absolute atomic E-state index is 10.4. The van der Waals surface area contributed by atoms with Crippen molar-refractivity contribution in [1.29, 1.82) is 0 Å². The van der Waals surface area contributed by atoms with E-state index in [2.05, 4.69) is 10.2 Å². The molecule has 0 fully saturated rings. The summed E-state index contributed by atoms with van der Waals surface area (Å²) >= 11 is 6.19. The summed E-state index contributed by atoms with van der Waals surface area (Å²) in [6, 6.07) is 1.91. The third-order valence-corrected chi connectivity index (χ3v) is 3.71. The van der Waals surface area contributed by atoms with E-state index < -0.39 is 6.10 Å². The highest BCUT2D eigenvalue weighted by Gasteiger charge is 2.19. The highest BCUT2D eigenvalue weighted by Crippen LogP contribution is 2.26. The molecule has 0 aliphatic heterocycles. The van der Waals surface area contributed by atoms with Crippen LogP contribution in [0.15, 0.2) is 6.07 Å². The molecule has 2 heterocycles. The van der Waals surface area contributed by atoms with Crippen LogP contribution in [-0.4, -0.2) is 24.7 Å². The third-order valence-electron chi connectivity index (χ3n) is 3.24. The topological polar surface area (TPSA) is 55.9 Å². The zero-order valence-corrected chi connectivity index (χ0v) is 12.4. The van der Waals surface area contributed by atoms with Crippen molar-refractivity contribution in [2.45, 2.75) is 39.8 Å². The van der Waals surface area contributed by atoms with Gasteiger partial charge < -0.3 is 5.11 Å². The second-order valence-electron chi connectivity index (χ2n) is 4.72. The molecule has 0 radical (unpaired) electrons. The van der Waals surface area contributed by atoms with Gasteiger partial charge in [0.05, 0.1) is 23.2 Å². The Balaban J connectivity index is 2.27. The van der Waals surface area contributed by atoms with Crippen LogP contribution in [0.4, 0.5) is 0 Å². The predicted octanol–water partition coefficient (Wildman–Crippen LogP) is 2.18. The fourth-order valence-electron chi connectivity index (χ4n) is 2.29. The van der Waals surface area contributed by atoms with Crippen molar-refractivity contribution in [3.8, 4) is 0 Å². The number of rotatable bonds is 4. The first-order valence-electron chi connectivity index (χ1n) is 6.34. The molecule has 5 nitrogen and oxygen atoms in total. The fourth-order valence-corrected chi connectivity index (χ4v) is 2.54. The van der Waals surface area contributed by atoms with Gasteiger partial charge in [0, 0.05) is 25.6 Å². The standard InChI is InChI=1S/C13H19ClN4O/c1-5-18-11(6-8(2)15-18)12(19)7-10-9(3)16-17(4)13(10)14/h6,12,19H,5,7H2,1-4H3. The second kappa shape index (κ2) is 5.35. The molecule has 19 heavy (non-hydrogen) atoms. The van der Waals surface area contributed by atoms with Crippen molar-refractivity contribution in [1.82, 2.24) is 19.6 Å². The largest absolute Gasteiger partial charge is 0.386 e. The minimum atomic E-state index is -0.624. The number of aryl methyl sites for hydroxylation is 4. The summed E-state index contributed by atoms with van der Waals surface area (Å²) in [4.78, 5) is 0. The lowest BCUT2D eigenvalue weighted by Crippen LogP contribution is -2.10. The molecule has 0 aliphatic rings. The summed E-state index contributed by atoms with van der Waals surface area (Å²) in [5, 5.41) is 19.6. The van der Waals surface area contributed by atoms with E-state index in [-0.39, 0.29) is 0 Å². The fraction of sp³-hybridized carbons (Fsp3) is 0.538. The van der Waals surface area contributed by atoms with Gasteiger partial charge in [-0.15, -0.1) is 0 Å². The Morgan fingerprint density at radius 2 is 2.05 bits per heavy atom. The monoisotopic (exact) mass is 282 g/mol. The summed E-state index contributed by atoms with van der Waals surface area (Å²) in [5.74, 6) is 0. The normalized spacial score (nSPS) is 12.9. The highest BCUT2D eigenvalue weighted by molar-refractivity contribution is 6.30. The minimum Gasteiger partial charge on any atom is -0.386 e. The first-order valence-corrected chi connectivity index (χ1v) is 6.72. The summed E-state index contributed by atoms with van der Waals surface area (Å²) < 4.78 is 3.45. The van der Waals surface area contributed by atoms with Crippen molar-refractivity contribution < 1.29 is 5.11 Å². The molecule has 0 spiro atoms. The van der Waals surface area contributed by atoms with Crippen molar-refractivity contribution in [2.75, 3.05) is 0 Å². The summed E-state index contributed by atoms with van der Waals surface area (Å²) in [6.07, 6.45) is -0.176. The Kier molecular flexibility index (Phi) is 3.96.